The van der Waals surface area contributed by atoms with Gasteiger partial charge in [0, 0.05) is 56.7 Å². The third-order valence-corrected chi connectivity index (χ3v) is 8.03. The maximum atomic E-state index is 13.6. The molecule has 0 radical (unpaired) electrons. The summed E-state index contributed by atoms with van der Waals surface area (Å²) in [6, 6.07) is 10.1. The number of rotatable bonds is 1. The van der Waals surface area contributed by atoms with Crippen LogP contribution in [0.1, 0.15) is 28.9 Å². The van der Waals surface area contributed by atoms with E-state index in [1.807, 2.05) is 14.0 Å². The van der Waals surface area contributed by atoms with Crippen LogP contribution in [0.15, 0.2) is 36.5 Å². The molecule has 2 aliphatic heterocycles. The predicted molar refractivity (Wildman–Crippen MR) is 146 cm³/mol. The summed E-state index contributed by atoms with van der Waals surface area (Å²) in [5.74, 6) is 2.17. The molecule has 3 aromatic heterocycles. The van der Waals surface area contributed by atoms with E-state index in [1.54, 1.807) is 23.0 Å². The molecule has 2 N–H and O–H groups in total. The van der Waals surface area contributed by atoms with Crippen LogP contribution in [0.5, 0.6) is 5.88 Å². The average Bonchev–Trinajstić information content (AvgIpc) is 3.43. The second-order valence-electron chi connectivity index (χ2n) is 10.7. The van der Waals surface area contributed by atoms with Crippen LogP contribution in [0, 0.1) is 18.8 Å². The lowest BCUT2D eigenvalue weighted by molar-refractivity contribution is 0.102. The molecule has 38 heavy (non-hydrogen) atoms. The molecule has 0 spiro atoms. The number of pyridine rings is 1. The summed E-state index contributed by atoms with van der Waals surface area (Å²) >= 11 is 0. The van der Waals surface area contributed by atoms with E-state index in [2.05, 4.69) is 43.4 Å². The molecular formula is C28H32N8O2. The molecule has 1 amide bonds. The molecule has 5 heterocycles. The Balaban J connectivity index is 1.30. The van der Waals surface area contributed by atoms with Gasteiger partial charge >= 0.3 is 0 Å². The van der Waals surface area contributed by atoms with Gasteiger partial charge in [0.15, 0.2) is 0 Å². The van der Waals surface area contributed by atoms with Crippen molar-refractivity contribution in [3.63, 3.8) is 0 Å². The van der Waals surface area contributed by atoms with E-state index in [0.717, 1.165) is 67.9 Å². The van der Waals surface area contributed by atoms with E-state index in [4.69, 9.17) is 14.7 Å². The van der Waals surface area contributed by atoms with E-state index >= 15 is 0 Å². The number of hydrogen-bond donors (Lipinski definition) is 2. The molecule has 0 unspecified atom stereocenters. The number of aromatic nitrogens is 5. The van der Waals surface area contributed by atoms with Crippen LogP contribution < -0.4 is 20.3 Å². The lowest BCUT2D eigenvalue weighted by Crippen LogP contribution is -2.43. The van der Waals surface area contributed by atoms with Crippen LogP contribution in [-0.2, 0) is 13.6 Å². The molecule has 2 atom stereocenters. The number of anilines is 2. The summed E-state index contributed by atoms with van der Waals surface area (Å²) < 4.78 is 10.2. The number of carbonyl (C=O) groups excluding carboxylic acids is 1. The fraction of sp³-hybridized carbons (Fsp3) is 0.429. The number of carbonyl (C=O) groups is 1. The highest BCUT2D eigenvalue weighted by molar-refractivity contribution is 6.05. The molecule has 3 aliphatic rings. The quantitative estimate of drug-likeness (QED) is 0.404. The van der Waals surface area contributed by atoms with Gasteiger partial charge in [-0.1, -0.05) is 0 Å². The van der Waals surface area contributed by atoms with Gasteiger partial charge in [-0.2, -0.15) is 5.10 Å². The van der Waals surface area contributed by atoms with Crippen molar-refractivity contribution in [2.24, 2.45) is 18.9 Å². The third kappa shape index (κ3) is 4.18. The molecule has 10 nitrogen and oxygen atoms in total. The second kappa shape index (κ2) is 9.13. The van der Waals surface area contributed by atoms with Crippen molar-refractivity contribution in [3.05, 3.63) is 47.8 Å². The van der Waals surface area contributed by atoms with Gasteiger partial charge in [0.1, 0.15) is 0 Å². The van der Waals surface area contributed by atoms with Gasteiger partial charge in [0.05, 0.1) is 35.1 Å². The number of nitrogens with zero attached hydrogens (tertiary/aromatic N) is 6. The van der Waals surface area contributed by atoms with Crippen molar-refractivity contribution in [2.45, 2.75) is 26.3 Å². The number of imidazole rings is 1. The topological polar surface area (TPSA) is 102 Å². The Bertz CT molecular complexity index is 1530. The smallest absolute Gasteiger partial charge is 0.258 e. The number of aryl methyl sites for hydroxylation is 2. The fourth-order valence-corrected chi connectivity index (χ4v) is 5.82. The molecule has 2 bridgehead atoms. The van der Waals surface area contributed by atoms with Gasteiger partial charge < -0.3 is 19.5 Å². The Labute approximate surface area is 221 Å². The number of benzene rings is 1. The number of nitrogens with one attached hydrogen (secondary N) is 2. The zero-order valence-electron chi connectivity index (χ0n) is 21.8. The first kappa shape index (κ1) is 23.2. The molecule has 196 valence electrons. The minimum absolute atomic E-state index is 0.204. The molecule has 4 aromatic rings. The number of amides is 1. The SMILES string of the molecule is Cc1cc2cc(n1)-c1cnn(C)c1OCC[C@H]1C[C@@H]1Cn1c(nc3ccc(N4CCNCC4)cc31)NC2=O. The Kier molecular flexibility index (Phi) is 5.57. The largest absolute Gasteiger partial charge is 0.477 e. The van der Waals surface area contributed by atoms with Crippen molar-refractivity contribution >= 4 is 28.6 Å². The Morgan fingerprint density at radius 3 is 2.82 bits per heavy atom. The van der Waals surface area contributed by atoms with Crippen LogP contribution in [0.4, 0.5) is 11.6 Å². The van der Waals surface area contributed by atoms with E-state index in [1.165, 1.54) is 5.69 Å². The Hall–Kier alpha value is -3.92. The zero-order chi connectivity index (χ0) is 25.8. The van der Waals surface area contributed by atoms with E-state index < -0.39 is 0 Å². The predicted octanol–water partition coefficient (Wildman–Crippen LogP) is 3.22. The lowest BCUT2D eigenvalue weighted by Gasteiger charge is -2.29. The van der Waals surface area contributed by atoms with Crippen molar-refractivity contribution in [1.82, 2.24) is 29.6 Å². The minimum Gasteiger partial charge on any atom is -0.477 e. The Morgan fingerprint density at radius 2 is 1.95 bits per heavy atom. The monoisotopic (exact) mass is 512 g/mol. The van der Waals surface area contributed by atoms with Crippen molar-refractivity contribution < 1.29 is 9.53 Å². The van der Waals surface area contributed by atoms with Crippen LogP contribution in [0.25, 0.3) is 22.3 Å². The molecule has 1 saturated carbocycles. The minimum atomic E-state index is -0.204. The summed E-state index contributed by atoms with van der Waals surface area (Å²) in [7, 11) is 1.87. The summed E-state index contributed by atoms with van der Waals surface area (Å²) in [5, 5.41) is 11.0. The highest BCUT2D eigenvalue weighted by atomic mass is 16.5. The van der Waals surface area contributed by atoms with Gasteiger partial charge in [-0.25, -0.2) is 9.67 Å². The van der Waals surface area contributed by atoms with Gasteiger partial charge in [-0.05, 0) is 61.9 Å². The molecule has 2 fully saturated rings. The summed E-state index contributed by atoms with van der Waals surface area (Å²) in [6.07, 6.45) is 3.88. The molecule has 1 aliphatic carbocycles. The first-order valence-corrected chi connectivity index (χ1v) is 13.4. The van der Waals surface area contributed by atoms with E-state index in [-0.39, 0.29) is 5.91 Å². The fourth-order valence-electron chi connectivity index (χ4n) is 5.82. The molecular weight excluding hydrogens is 480 g/mol. The van der Waals surface area contributed by atoms with Crippen LogP contribution in [0.2, 0.25) is 0 Å². The normalized spacial score (nSPS) is 21.4. The van der Waals surface area contributed by atoms with Gasteiger partial charge in [-0.3, -0.25) is 15.1 Å². The number of ether oxygens (including phenoxy) is 1. The molecule has 10 heteroatoms. The molecule has 1 aromatic carbocycles. The van der Waals surface area contributed by atoms with Gasteiger partial charge in [0.25, 0.3) is 5.91 Å². The van der Waals surface area contributed by atoms with Crippen molar-refractivity contribution in [2.75, 3.05) is 43.0 Å². The maximum absolute atomic E-state index is 13.6. The highest BCUT2D eigenvalue weighted by Gasteiger charge is 2.38. The van der Waals surface area contributed by atoms with Gasteiger partial charge in [0.2, 0.25) is 11.8 Å². The summed E-state index contributed by atoms with van der Waals surface area (Å²) in [6.45, 7) is 7.26. The highest BCUT2D eigenvalue weighted by Crippen LogP contribution is 2.44. The Morgan fingerprint density at radius 1 is 1.08 bits per heavy atom. The molecule has 1 saturated heterocycles. The standard InChI is InChI=1S/C28H32N8O2/c1-17-11-19-13-24(31-17)22-15-30-34(2)27(22)38-10-5-18-12-20(18)16-36-25-14-21(35-8-6-29-7-9-35)3-4-23(25)32-28(36)33-26(19)37/h3-4,11,13-15,18,20,29H,5-10,12,16H2,1-2H3,(H,32,33,37)/t18-,20+/m0/s1. The van der Waals surface area contributed by atoms with Crippen LogP contribution in [0.3, 0.4) is 0 Å². The molecule has 7 rings (SSSR count). The third-order valence-electron chi connectivity index (χ3n) is 8.03. The van der Waals surface area contributed by atoms with E-state index in [9.17, 15) is 4.79 Å². The zero-order valence-corrected chi connectivity index (χ0v) is 21.8. The van der Waals surface area contributed by atoms with Crippen LogP contribution in [-0.4, -0.2) is 63.0 Å². The van der Waals surface area contributed by atoms with Crippen LogP contribution >= 0.6 is 0 Å². The van der Waals surface area contributed by atoms with Crippen molar-refractivity contribution in [3.8, 4) is 17.1 Å². The first-order valence-electron chi connectivity index (χ1n) is 13.4. The number of piperazine rings is 1. The maximum Gasteiger partial charge on any atom is 0.258 e. The summed E-state index contributed by atoms with van der Waals surface area (Å²) in [5.41, 5.74) is 5.90. The van der Waals surface area contributed by atoms with Crippen molar-refractivity contribution in [1.29, 1.82) is 0 Å². The summed E-state index contributed by atoms with van der Waals surface area (Å²) in [4.78, 5) is 25.6. The van der Waals surface area contributed by atoms with Gasteiger partial charge in [-0.15, -0.1) is 0 Å². The second-order valence-corrected chi connectivity index (χ2v) is 10.7. The first-order chi connectivity index (χ1) is 18.5. The van der Waals surface area contributed by atoms with E-state index in [0.29, 0.717) is 41.5 Å². The number of fused-ring (bicyclic) bond motifs is 8. The average molecular weight is 513 g/mol. The lowest BCUT2D eigenvalue weighted by atomic mass is 10.1. The number of hydrogen-bond acceptors (Lipinski definition) is 7.